The topological polar surface area (TPSA) is 77.8 Å². The number of aryl methyl sites for hydroxylation is 1. The minimum atomic E-state index is -4.70. The van der Waals surface area contributed by atoms with Crippen LogP contribution in [0.25, 0.3) is 0 Å². The summed E-state index contributed by atoms with van der Waals surface area (Å²) in [6, 6.07) is 8.22. The number of benzene rings is 1. The van der Waals surface area contributed by atoms with Crippen molar-refractivity contribution in [1.82, 2.24) is 15.6 Å². The smallest absolute Gasteiger partial charge is 0.336 e. The van der Waals surface area contributed by atoms with Crippen LogP contribution in [0, 0.1) is 17.1 Å². The first-order valence-electron chi connectivity index (χ1n) is 10.4. The Labute approximate surface area is 183 Å². The molecule has 1 saturated carbocycles. The van der Waals surface area contributed by atoms with Crippen LogP contribution in [0.3, 0.4) is 0 Å². The van der Waals surface area contributed by atoms with Crippen molar-refractivity contribution in [3.8, 4) is 6.07 Å². The van der Waals surface area contributed by atoms with E-state index in [0.717, 1.165) is 30.0 Å². The average molecular weight is 448 g/mol. The largest absolute Gasteiger partial charge is 0.407 e. The van der Waals surface area contributed by atoms with E-state index < -0.39 is 35.5 Å². The Hall–Kier alpha value is -2.99. The van der Waals surface area contributed by atoms with E-state index in [2.05, 4.69) is 15.6 Å². The Morgan fingerprint density at radius 3 is 2.44 bits per heavy atom. The van der Waals surface area contributed by atoms with Crippen LogP contribution in [0.2, 0.25) is 0 Å². The standard InChI is InChI=1S/C23H24F4N4O/c24-17-10-8-16(9-11-17)20(23(25,26)27)30-19(21(32)31-22(15-28)12-13-22)7-2-1-5-18-6-3-4-14-29-18/h3-4,6,8-11,14,19-20,30H,1-2,5,7,12-13H2,(H,31,32)/t19-,20-/m0/s1. The second-order valence-corrected chi connectivity index (χ2v) is 8.00. The summed E-state index contributed by atoms with van der Waals surface area (Å²) in [5.74, 6) is -1.29. The molecule has 2 aromatic rings. The zero-order chi connectivity index (χ0) is 23.2. The van der Waals surface area contributed by atoms with Gasteiger partial charge in [-0.2, -0.15) is 18.4 Å². The van der Waals surface area contributed by atoms with Crippen LogP contribution in [0.15, 0.2) is 48.7 Å². The zero-order valence-electron chi connectivity index (χ0n) is 17.3. The Morgan fingerprint density at radius 2 is 1.88 bits per heavy atom. The molecule has 1 aliphatic rings. The van der Waals surface area contributed by atoms with E-state index in [-0.39, 0.29) is 12.0 Å². The molecule has 1 aromatic carbocycles. The van der Waals surface area contributed by atoms with Gasteiger partial charge in [0.1, 0.15) is 17.4 Å². The summed E-state index contributed by atoms with van der Waals surface area (Å²) in [5.41, 5.74) is -0.317. The number of aromatic nitrogens is 1. The van der Waals surface area contributed by atoms with E-state index >= 15 is 0 Å². The van der Waals surface area contributed by atoms with Gasteiger partial charge in [-0.25, -0.2) is 4.39 Å². The Bertz CT molecular complexity index is 937. The number of nitrogens with zero attached hydrogens (tertiary/aromatic N) is 2. The lowest BCUT2D eigenvalue weighted by molar-refractivity contribution is -0.161. The van der Waals surface area contributed by atoms with E-state index in [4.69, 9.17) is 0 Å². The minimum Gasteiger partial charge on any atom is -0.336 e. The van der Waals surface area contributed by atoms with Gasteiger partial charge < -0.3 is 5.32 Å². The number of rotatable bonds is 10. The van der Waals surface area contributed by atoms with Gasteiger partial charge in [0.05, 0.1) is 12.1 Å². The lowest BCUT2D eigenvalue weighted by Gasteiger charge is -2.28. The predicted molar refractivity (Wildman–Crippen MR) is 110 cm³/mol. The first-order valence-corrected chi connectivity index (χ1v) is 10.4. The third kappa shape index (κ3) is 6.50. The van der Waals surface area contributed by atoms with E-state index in [1.807, 2.05) is 18.2 Å². The lowest BCUT2D eigenvalue weighted by Crippen LogP contribution is -2.51. The molecule has 32 heavy (non-hydrogen) atoms. The molecule has 170 valence electrons. The Morgan fingerprint density at radius 1 is 1.16 bits per heavy atom. The molecule has 2 atom stereocenters. The molecule has 5 nitrogen and oxygen atoms in total. The van der Waals surface area contributed by atoms with Gasteiger partial charge in [-0.1, -0.05) is 24.6 Å². The second-order valence-electron chi connectivity index (χ2n) is 8.00. The SMILES string of the molecule is N#CC1(NC(=O)[C@H](CCCCc2ccccn2)N[C@@H](c2ccc(F)cc2)C(F)(F)F)CC1. The highest BCUT2D eigenvalue weighted by atomic mass is 19.4. The van der Waals surface area contributed by atoms with E-state index in [1.54, 1.807) is 12.3 Å². The maximum absolute atomic E-state index is 13.8. The Balaban J connectivity index is 1.71. The molecule has 1 fully saturated rings. The first kappa shape index (κ1) is 23.7. The normalized spacial score (nSPS) is 16.6. The van der Waals surface area contributed by atoms with Gasteiger partial charge in [-0.3, -0.25) is 15.1 Å². The molecule has 3 rings (SSSR count). The third-order valence-corrected chi connectivity index (χ3v) is 5.44. The van der Waals surface area contributed by atoms with Crippen molar-refractivity contribution in [1.29, 1.82) is 5.26 Å². The van der Waals surface area contributed by atoms with Crippen LogP contribution in [0.5, 0.6) is 0 Å². The molecule has 0 radical (unpaired) electrons. The van der Waals surface area contributed by atoms with Crippen molar-refractivity contribution in [3.05, 3.63) is 65.7 Å². The number of alkyl halides is 3. The predicted octanol–water partition coefficient (Wildman–Crippen LogP) is 4.37. The summed E-state index contributed by atoms with van der Waals surface area (Å²) >= 11 is 0. The highest BCUT2D eigenvalue weighted by Crippen LogP contribution is 2.36. The molecule has 0 unspecified atom stereocenters. The van der Waals surface area contributed by atoms with Crippen molar-refractivity contribution >= 4 is 5.91 Å². The number of carbonyl (C=O) groups excluding carboxylic acids is 1. The number of unbranched alkanes of at least 4 members (excludes halogenated alkanes) is 1. The van der Waals surface area contributed by atoms with Crippen molar-refractivity contribution in [2.45, 2.75) is 62.3 Å². The van der Waals surface area contributed by atoms with Gasteiger partial charge in [-0.15, -0.1) is 0 Å². The number of carbonyl (C=O) groups is 1. The fourth-order valence-corrected chi connectivity index (χ4v) is 3.44. The van der Waals surface area contributed by atoms with Crippen LogP contribution in [-0.4, -0.2) is 28.6 Å². The Kier molecular flexibility index (Phi) is 7.46. The molecule has 1 aliphatic carbocycles. The molecule has 0 spiro atoms. The van der Waals surface area contributed by atoms with Crippen molar-refractivity contribution < 1.29 is 22.4 Å². The van der Waals surface area contributed by atoms with Crippen LogP contribution in [-0.2, 0) is 11.2 Å². The fraction of sp³-hybridized carbons (Fsp3) is 0.435. The van der Waals surface area contributed by atoms with Crippen LogP contribution in [0.4, 0.5) is 17.6 Å². The molecule has 0 aliphatic heterocycles. The average Bonchev–Trinajstić information content (AvgIpc) is 3.54. The minimum absolute atomic E-state index is 0.147. The summed E-state index contributed by atoms with van der Waals surface area (Å²) in [7, 11) is 0. The van der Waals surface area contributed by atoms with Crippen molar-refractivity contribution in [3.63, 3.8) is 0 Å². The second kappa shape index (κ2) is 10.1. The lowest BCUT2D eigenvalue weighted by atomic mass is 10.0. The highest BCUT2D eigenvalue weighted by molar-refractivity contribution is 5.83. The monoisotopic (exact) mass is 448 g/mol. The number of nitrogens with one attached hydrogen (secondary N) is 2. The van der Waals surface area contributed by atoms with E-state index in [0.29, 0.717) is 32.1 Å². The highest BCUT2D eigenvalue weighted by Gasteiger charge is 2.47. The van der Waals surface area contributed by atoms with Gasteiger partial charge in [0.2, 0.25) is 5.91 Å². The van der Waals surface area contributed by atoms with Gasteiger partial charge in [0.25, 0.3) is 0 Å². The summed E-state index contributed by atoms with van der Waals surface area (Å²) < 4.78 is 54.6. The zero-order valence-corrected chi connectivity index (χ0v) is 17.3. The van der Waals surface area contributed by atoms with Crippen LogP contribution in [0.1, 0.15) is 49.4 Å². The number of hydrogen-bond acceptors (Lipinski definition) is 4. The van der Waals surface area contributed by atoms with Gasteiger partial charge in [0, 0.05) is 11.9 Å². The van der Waals surface area contributed by atoms with Crippen molar-refractivity contribution in [2.24, 2.45) is 0 Å². The van der Waals surface area contributed by atoms with Gasteiger partial charge in [0.15, 0.2) is 0 Å². The van der Waals surface area contributed by atoms with Crippen LogP contribution < -0.4 is 10.6 Å². The summed E-state index contributed by atoms with van der Waals surface area (Å²) in [6.07, 6.45) is -0.178. The molecule has 1 heterocycles. The number of pyridine rings is 1. The molecular weight excluding hydrogens is 424 g/mol. The van der Waals surface area contributed by atoms with Gasteiger partial charge in [-0.05, 0) is 61.9 Å². The van der Waals surface area contributed by atoms with E-state index in [1.165, 1.54) is 0 Å². The fourth-order valence-electron chi connectivity index (χ4n) is 3.44. The molecule has 1 aromatic heterocycles. The summed E-state index contributed by atoms with van der Waals surface area (Å²) in [4.78, 5) is 17.0. The van der Waals surface area contributed by atoms with Crippen LogP contribution >= 0.6 is 0 Å². The number of hydrogen-bond donors (Lipinski definition) is 2. The maximum Gasteiger partial charge on any atom is 0.407 e. The molecular formula is C23H24F4N4O. The molecule has 0 saturated heterocycles. The molecule has 9 heteroatoms. The number of nitriles is 1. The third-order valence-electron chi connectivity index (χ3n) is 5.44. The van der Waals surface area contributed by atoms with E-state index in [9.17, 15) is 27.6 Å². The quantitative estimate of drug-likeness (QED) is 0.418. The summed E-state index contributed by atoms with van der Waals surface area (Å²) in [6.45, 7) is 0. The number of halogens is 4. The molecule has 0 bridgehead atoms. The number of amides is 1. The van der Waals surface area contributed by atoms with Crippen molar-refractivity contribution in [2.75, 3.05) is 0 Å². The first-order chi connectivity index (χ1) is 15.2. The summed E-state index contributed by atoms with van der Waals surface area (Å²) in [5, 5.41) is 14.2. The van der Waals surface area contributed by atoms with Gasteiger partial charge >= 0.3 is 6.18 Å². The molecule has 2 N–H and O–H groups in total. The maximum atomic E-state index is 13.8. The molecule has 1 amide bonds.